The van der Waals surface area contributed by atoms with Crippen molar-refractivity contribution in [2.24, 2.45) is 5.92 Å². The Kier molecular flexibility index (Phi) is 5.75. The van der Waals surface area contributed by atoms with E-state index in [2.05, 4.69) is 17.3 Å². The highest BCUT2D eigenvalue weighted by Crippen LogP contribution is 2.19. The molecule has 0 aromatic heterocycles. The zero-order valence-corrected chi connectivity index (χ0v) is 11.3. The minimum Gasteiger partial charge on any atom is -0.381 e. The maximum absolute atomic E-state index is 5.42. The van der Waals surface area contributed by atoms with Gasteiger partial charge in [-0.2, -0.15) is 0 Å². The molecule has 2 aliphatic rings. The van der Waals surface area contributed by atoms with Gasteiger partial charge in [0.05, 0.1) is 0 Å². The summed E-state index contributed by atoms with van der Waals surface area (Å²) in [5, 5.41) is 3.44. The maximum atomic E-state index is 5.42. The van der Waals surface area contributed by atoms with Gasteiger partial charge in [0.2, 0.25) is 0 Å². The topological polar surface area (TPSA) is 24.5 Å². The third kappa shape index (κ3) is 4.57. The van der Waals surface area contributed by atoms with Crippen LogP contribution in [-0.4, -0.2) is 50.8 Å². The van der Waals surface area contributed by atoms with Gasteiger partial charge in [-0.25, -0.2) is 0 Å². The van der Waals surface area contributed by atoms with Crippen molar-refractivity contribution < 1.29 is 4.74 Å². The fraction of sp³-hybridized carbons (Fsp3) is 1.00. The van der Waals surface area contributed by atoms with Gasteiger partial charge < -0.3 is 15.0 Å². The molecule has 3 heteroatoms. The van der Waals surface area contributed by atoms with Crippen molar-refractivity contribution in [1.29, 1.82) is 0 Å². The smallest absolute Gasteiger partial charge is 0.0480 e. The summed E-state index contributed by atoms with van der Waals surface area (Å²) < 4.78 is 5.42. The average Bonchev–Trinajstić information content (AvgIpc) is 2.41. The van der Waals surface area contributed by atoms with Crippen LogP contribution in [0.2, 0.25) is 0 Å². The third-order valence-corrected chi connectivity index (χ3v) is 4.40. The zero-order valence-electron chi connectivity index (χ0n) is 11.3. The Bertz CT molecular complexity index is 198. The van der Waals surface area contributed by atoms with Crippen LogP contribution in [0.15, 0.2) is 0 Å². The first-order chi connectivity index (χ1) is 8.36. The molecule has 2 rings (SSSR count). The summed E-state index contributed by atoms with van der Waals surface area (Å²) in [6.45, 7) is 5.67. The Morgan fingerprint density at radius 3 is 2.53 bits per heavy atom. The molecular weight excluding hydrogens is 212 g/mol. The molecule has 2 fully saturated rings. The SMILES string of the molecule is CN(CCCC1CCNCC1)C1CCOCC1. The van der Waals surface area contributed by atoms with E-state index in [0.717, 1.165) is 25.2 Å². The predicted octanol–water partition coefficient (Wildman–Crippen LogP) is 1.88. The van der Waals surface area contributed by atoms with Crippen LogP contribution < -0.4 is 5.32 Å². The second-order valence-electron chi connectivity index (χ2n) is 5.66. The first-order valence-corrected chi connectivity index (χ1v) is 7.35. The Labute approximate surface area is 106 Å². The van der Waals surface area contributed by atoms with Crippen LogP contribution in [0.5, 0.6) is 0 Å². The molecule has 2 saturated heterocycles. The minimum absolute atomic E-state index is 0.775. The molecule has 2 heterocycles. The maximum Gasteiger partial charge on any atom is 0.0480 e. The summed E-state index contributed by atoms with van der Waals surface area (Å²) in [5.41, 5.74) is 0. The normalized spacial score (nSPS) is 24.4. The highest BCUT2D eigenvalue weighted by atomic mass is 16.5. The summed E-state index contributed by atoms with van der Waals surface area (Å²) in [6, 6.07) is 0.775. The Morgan fingerprint density at radius 1 is 1.12 bits per heavy atom. The first-order valence-electron chi connectivity index (χ1n) is 7.35. The summed E-state index contributed by atoms with van der Waals surface area (Å²) in [4.78, 5) is 2.56. The van der Waals surface area contributed by atoms with E-state index in [9.17, 15) is 0 Å². The lowest BCUT2D eigenvalue weighted by Gasteiger charge is -2.31. The van der Waals surface area contributed by atoms with Gasteiger partial charge in [-0.15, -0.1) is 0 Å². The van der Waals surface area contributed by atoms with Crippen molar-refractivity contribution in [2.75, 3.05) is 39.9 Å². The van der Waals surface area contributed by atoms with Crippen LogP contribution >= 0.6 is 0 Å². The van der Waals surface area contributed by atoms with Crippen LogP contribution in [-0.2, 0) is 4.74 Å². The standard InChI is InChI=1S/C14H28N2O/c1-16(14-6-11-17-12-7-14)10-2-3-13-4-8-15-9-5-13/h13-15H,2-12H2,1H3. The van der Waals surface area contributed by atoms with Crippen molar-refractivity contribution in [2.45, 2.75) is 44.6 Å². The summed E-state index contributed by atoms with van der Waals surface area (Å²) in [6.07, 6.45) is 8.03. The lowest BCUT2D eigenvalue weighted by atomic mass is 9.93. The molecule has 100 valence electrons. The van der Waals surface area contributed by atoms with E-state index in [1.807, 2.05) is 0 Å². The van der Waals surface area contributed by atoms with Crippen molar-refractivity contribution in [3.8, 4) is 0 Å². The van der Waals surface area contributed by atoms with Crippen LogP contribution in [0.3, 0.4) is 0 Å². The molecule has 0 saturated carbocycles. The average molecular weight is 240 g/mol. The molecule has 1 N–H and O–H groups in total. The molecule has 0 amide bonds. The molecule has 0 unspecified atom stereocenters. The van der Waals surface area contributed by atoms with Gasteiger partial charge in [0.1, 0.15) is 0 Å². The molecule has 3 nitrogen and oxygen atoms in total. The quantitative estimate of drug-likeness (QED) is 0.794. The predicted molar refractivity (Wildman–Crippen MR) is 71.3 cm³/mol. The van der Waals surface area contributed by atoms with Gasteiger partial charge >= 0.3 is 0 Å². The molecule has 17 heavy (non-hydrogen) atoms. The summed E-state index contributed by atoms with van der Waals surface area (Å²) in [7, 11) is 2.29. The van der Waals surface area contributed by atoms with E-state index in [-0.39, 0.29) is 0 Å². The number of hydrogen-bond donors (Lipinski definition) is 1. The van der Waals surface area contributed by atoms with Crippen LogP contribution in [0.1, 0.15) is 38.5 Å². The molecule has 2 aliphatic heterocycles. The summed E-state index contributed by atoms with van der Waals surface area (Å²) in [5.74, 6) is 0.985. The second-order valence-corrected chi connectivity index (χ2v) is 5.66. The molecule has 0 atom stereocenters. The van der Waals surface area contributed by atoms with Gasteiger partial charge in [-0.1, -0.05) is 0 Å². The fourth-order valence-corrected chi connectivity index (χ4v) is 3.11. The van der Waals surface area contributed by atoms with Crippen molar-refractivity contribution in [3.05, 3.63) is 0 Å². The number of ether oxygens (including phenoxy) is 1. The van der Waals surface area contributed by atoms with Gasteiger partial charge in [-0.05, 0) is 71.1 Å². The molecule has 0 aromatic carbocycles. The van der Waals surface area contributed by atoms with E-state index in [1.165, 1.54) is 58.2 Å². The highest BCUT2D eigenvalue weighted by Gasteiger charge is 2.18. The molecule has 0 aliphatic carbocycles. The van der Waals surface area contributed by atoms with E-state index in [1.54, 1.807) is 0 Å². The largest absolute Gasteiger partial charge is 0.381 e. The van der Waals surface area contributed by atoms with Crippen LogP contribution in [0.25, 0.3) is 0 Å². The third-order valence-electron chi connectivity index (χ3n) is 4.40. The summed E-state index contributed by atoms with van der Waals surface area (Å²) >= 11 is 0. The van der Waals surface area contributed by atoms with Crippen molar-refractivity contribution in [3.63, 3.8) is 0 Å². The van der Waals surface area contributed by atoms with E-state index < -0.39 is 0 Å². The first kappa shape index (κ1) is 13.3. The second kappa shape index (κ2) is 7.34. The van der Waals surface area contributed by atoms with Crippen LogP contribution in [0.4, 0.5) is 0 Å². The number of piperidine rings is 1. The number of hydrogen-bond acceptors (Lipinski definition) is 3. The molecule has 0 aromatic rings. The molecule has 0 spiro atoms. The number of rotatable bonds is 5. The fourth-order valence-electron chi connectivity index (χ4n) is 3.11. The number of nitrogens with zero attached hydrogens (tertiary/aromatic N) is 1. The zero-order chi connectivity index (χ0) is 11.9. The van der Waals surface area contributed by atoms with E-state index in [4.69, 9.17) is 4.74 Å². The molecule has 0 radical (unpaired) electrons. The van der Waals surface area contributed by atoms with E-state index in [0.29, 0.717) is 0 Å². The highest BCUT2D eigenvalue weighted by molar-refractivity contribution is 4.73. The van der Waals surface area contributed by atoms with Crippen LogP contribution in [0, 0.1) is 5.92 Å². The van der Waals surface area contributed by atoms with Gasteiger partial charge in [0.15, 0.2) is 0 Å². The van der Waals surface area contributed by atoms with E-state index >= 15 is 0 Å². The van der Waals surface area contributed by atoms with Gasteiger partial charge in [-0.3, -0.25) is 0 Å². The van der Waals surface area contributed by atoms with Gasteiger partial charge in [0, 0.05) is 19.3 Å². The van der Waals surface area contributed by atoms with Crippen molar-refractivity contribution >= 4 is 0 Å². The van der Waals surface area contributed by atoms with Gasteiger partial charge in [0.25, 0.3) is 0 Å². The minimum atomic E-state index is 0.775. The Hall–Kier alpha value is -0.120. The lowest BCUT2D eigenvalue weighted by Crippen LogP contribution is -2.37. The Morgan fingerprint density at radius 2 is 1.82 bits per heavy atom. The van der Waals surface area contributed by atoms with Crippen molar-refractivity contribution in [1.82, 2.24) is 10.2 Å². The Balaban J connectivity index is 1.57. The number of nitrogens with one attached hydrogen (secondary N) is 1. The molecular formula is C14H28N2O. The lowest BCUT2D eigenvalue weighted by molar-refractivity contribution is 0.0421. The monoisotopic (exact) mass is 240 g/mol. The molecule has 0 bridgehead atoms.